The Morgan fingerprint density at radius 1 is 0.811 bits per heavy atom. The molecule has 2 aromatic rings. The molecule has 3 amide bonds. The molecular weight excluding hydrogens is 466 g/mol. The normalized spacial score (nSPS) is 13.8. The molecule has 0 heterocycles. The second-order valence-electron chi connectivity index (χ2n) is 12.3. The third-order valence-electron chi connectivity index (χ3n) is 5.35. The SMILES string of the molecule is CC(C)(C)NC(=O)C(c1ccccc1)N(C(=O)C(Cc1ccccc1)NC(=O)OC(C)(C)C)C(C)(C)C. The molecule has 2 N–H and O–H groups in total. The lowest BCUT2D eigenvalue weighted by molar-refractivity contribution is -0.149. The van der Waals surface area contributed by atoms with Gasteiger partial charge < -0.3 is 20.3 Å². The average molecular weight is 510 g/mol. The van der Waals surface area contributed by atoms with E-state index in [0.29, 0.717) is 5.56 Å². The Morgan fingerprint density at radius 2 is 1.32 bits per heavy atom. The van der Waals surface area contributed by atoms with Crippen LogP contribution in [-0.4, -0.2) is 45.5 Å². The number of hydrogen-bond donors (Lipinski definition) is 2. The van der Waals surface area contributed by atoms with E-state index in [9.17, 15) is 14.4 Å². The summed E-state index contributed by atoms with van der Waals surface area (Å²) in [6.07, 6.45) is -0.445. The van der Waals surface area contributed by atoms with Crippen molar-refractivity contribution in [2.75, 3.05) is 0 Å². The zero-order chi connectivity index (χ0) is 28.0. The fraction of sp³-hybridized carbons (Fsp3) is 0.500. The standard InChI is InChI=1S/C30H43N3O4/c1-28(2,3)32-25(34)24(22-18-14-11-15-19-22)33(29(4,5)6)26(35)23(20-21-16-12-10-13-17-21)31-27(36)37-30(7,8)9/h10-19,23-24H,20H2,1-9H3,(H,31,36)(H,32,34). The van der Waals surface area contributed by atoms with Crippen molar-refractivity contribution in [1.29, 1.82) is 0 Å². The Balaban J connectivity index is 2.58. The third-order valence-corrected chi connectivity index (χ3v) is 5.35. The van der Waals surface area contributed by atoms with Crippen LogP contribution in [0.5, 0.6) is 0 Å². The van der Waals surface area contributed by atoms with Crippen LogP contribution in [0.15, 0.2) is 60.7 Å². The maximum absolute atomic E-state index is 14.4. The molecule has 0 saturated carbocycles. The third kappa shape index (κ3) is 9.56. The molecule has 37 heavy (non-hydrogen) atoms. The fourth-order valence-electron chi connectivity index (χ4n) is 4.00. The summed E-state index contributed by atoms with van der Waals surface area (Å²) in [5, 5.41) is 5.82. The first-order valence-electron chi connectivity index (χ1n) is 12.7. The van der Waals surface area contributed by atoms with Gasteiger partial charge in [0, 0.05) is 17.5 Å². The van der Waals surface area contributed by atoms with Crippen molar-refractivity contribution in [1.82, 2.24) is 15.5 Å². The summed E-state index contributed by atoms with van der Waals surface area (Å²) in [6, 6.07) is 16.8. The van der Waals surface area contributed by atoms with Crippen molar-refractivity contribution in [3.05, 3.63) is 71.8 Å². The Labute approximate surface area is 222 Å². The molecule has 7 nitrogen and oxygen atoms in total. The van der Waals surface area contributed by atoms with E-state index in [1.54, 1.807) is 25.7 Å². The average Bonchev–Trinajstić information content (AvgIpc) is 2.74. The number of nitrogens with one attached hydrogen (secondary N) is 2. The molecule has 2 unspecified atom stereocenters. The number of amides is 3. The van der Waals surface area contributed by atoms with Crippen LogP contribution in [0.2, 0.25) is 0 Å². The van der Waals surface area contributed by atoms with Gasteiger partial charge in [0.05, 0.1) is 0 Å². The molecule has 0 aliphatic rings. The van der Waals surface area contributed by atoms with E-state index in [1.807, 2.05) is 102 Å². The smallest absolute Gasteiger partial charge is 0.408 e. The largest absolute Gasteiger partial charge is 0.444 e. The van der Waals surface area contributed by atoms with Crippen molar-refractivity contribution in [3.8, 4) is 0 Å². The van der Waals surface area contributed by atoms with Crippen molar-refractivity contribution in [2.45, 2.75) is 97.5 Å². The molecular formula is C30H43N3O4. The number of rotatable bonds is 7. The molecule has 2 atom stereocenters. The number of alkyl carbamates (subject to hydrolysis) is 1. The number of nitrogens with zero attached hydrogens (tertiary/aromatic N) is 1. The van der Waals surface area contributed by atoms with Gasteiger partial charge in [-0.25, -0.2) is 4.79 Å². The molecule has 7 heteroatoms. The van der Waals surface area contributed by atoms with Crippen LogP contribution in [0.1, 0.15) is 79.5 Å². The van der Waals surface area contributed by atoms with E-state index in [0.717, 1.165) is 5.56 Å². The summed E-state index contributed by atoms with van der Waals surface area (Å²) >= 11 is 0. The lowest BCUT2D eigenvalue weighted by atomic mass is 9.93. The highest BCUT2D eigenvalue weighted by molar-refractivity contribution is 5.93. The summed E-state index contributed by atoms with van der Waals surface area (Å²) in [6.45, 7) is 16.7. The monoisotopic (exact) mass is 509 g/mol. The van der Waals surface area contributed by atoms with Crippen molar-refractivity contribution in [3.63, 3.8) is 0 Å². The van der Waals surface area contributed by atoms with Gasteiger partial charge in [0.1, 0.15) is 17.7 Å². The molecule has 0 aliphatic carbocycles. The first-order valence-corrected chi connectivity index (χ1v) is 12.7. The van der Waals surface area contributed by atoms with Gasteiger partial charge in [-0.1, -0.05) is 60.7 Å². The van der Waals surface area contributed by atoms with Crippen molar-refractivity contribution >= 4 is 17.9 Å². The van der Waals surface area contributed by atoms with Gasteiger partial charge in [0.25, 0.3) is 0 Å². The predicted molar refractivity (Wildman–Crippen MR) is 147 cm³/mol. The number of ether oxygens (including phenoxy) is 1. The second kappa shape index (κ2) is 11.8. The van der Waals surface area contributed by atoms with Gasteiger partial charge in [0.2, 0.25) is 11.8 Å². The first kappa shape index (κ1) is 29.9. The van der Waals surface area contributed by atoms with Gasteiger partial charge in [-0.05, 0) is 73.4 Å². The van der Waals surface area contributed by atoms with Crippen LogP contribution in [0.25, 0.3) is 0 Å². The quantitative estimate of drug-likeness (QED) is 0.523. The van der Waals surface area contributed by atoms with Crippen LogP contribution in [0.4, 0.5) is 4.79 Å². The maximum Gasteiger partial charge on any atom is 0.408 e. The summed E-state index contributed by atoms with van der Waals surface area (Å²) < 4.78 is 5.48. The Kier molecular flexibility index (Phi) is 9.53. The van der Waals surface area contributed by atoms with Gasteiger partial charge in [-0.15, -0.1) is 0 Å². The second-order valence-corrected chi connectivity index (χ2v) is 12.3. The number of benzene rings is 2. The molecule has 0 radical (unpaired) electrons. The molecule has 0 spiro atoms. The molecule has 2 rings (SSSR count). The zero-order valence-corrected chi connectivity index (χ0v) is 23.7. The minimum absolute atomic E-state index is 0.244. The Morgan fingerprint density at radius 3 is 1.78 bits per heavy atom. The lowest BCUT2D eigenvalue weighted by Gasteiger charge is -2.43. The van der Waals surface area contributed by atoms with Crippen LogP contribution in [0, 0.1) is 0 Å². The van der Waals surface area contributed by atoms with Gasteiger partial charge >= 0.3 is 6.09 Å². The maximum atomic E-state index is 14.4. The van der Waals surface area contributed by atoms with Crippen LogP contribution >= 0.6 is 0 Å². The molecule has 0 saturated heterocycles. The number of hydrogen-bond acceptors (Lipinski definition) is 4. The predicted octanol–water partition coefficient (Wildman–Crippen LogP) is 5.41. The highest BCUT2D eigenvalue weighted by Gasteiger charge is 2.42. The molecule has 0 aliphatic heterocycles. The topological polar surface area (TPSA) is 87.7 Å². The van der Waals surface area contributed by atoms with Crippen LogP contribution in [-0.2, 0) is 20.7 Å². The molecule has 0 aromatic heterocycles. The van der Waals surface area contributed by atoms with Crippen molar-refractivity contribution in [2.24, 2.45) is 0 Å². The molecule has 0 fully saturated rings. The summed E-state index contributed by atoms with van der Waals surface area (Å²) in [5.41, 5.74) is -0.427. The van der Waals surface area contributed by atoms with E-state index in [4.69, 9.17) is 4.74 Å². The minimum atomic E-state index is -0.954. The first-order chi connectivity index (χ1) is 17.0. The van der Waals surface area contributed by atoms with Crippen LogP contribution in [0.3, 0.4) is 0 Å². The molecule has 2 aromatic carbocycles. The molecule has 0 bridgehead atoms. The highest BCUT2D eigenvalue weighted by atomic mass is 16.6. The van der Waals surface area contributed by atoms with E-state index >= 15 is 0 Å². The summed E-state index contributed by atoms with van der Waals surface area (Å²) in [5.74, 6) is -0.669. The van der Waals surface area contributed by atoms with Crippen molar-refractivity contribution < 1.29 is 19.1 Å². The zero-order valence-electron chi connectivity index (χ0n) is 23.7. The fourth-order valence-corrected chi connectivity index (χ4v) is 4.00. The summed E-state index contributed by atoms with van der Waals surface area (Å²) in [4.78, 5) is 42.5. The van der Waals surface area contributed by atoms with Gasteiger partial charge in [-0.2, -0.15) is 0 Å². The van der Waals surface area contributed by atoms with E-state index in [-0.39, 0.29) is 18.2 Å². The Bertz CT molecular complexity index is 1050. The van der Waals surface area contributed by atoms with E-state index in [2.05, 4.69) is 10.6 Å². The number of carbonyl (C=O) groups excluding carboxylic acids is 3. The summed E-state index contributed by atoms with van der Waals surface area (Å²) in [7, 11) is 0. The van der Waals surface area contributed by atoms with Crippen LogP contribution < -0.4 is 10.6 Å². The minimum Gasteiger partial charge on any atom is -0.444 e. The van der Waals surface area contributed by atoms with Gasteiger partial charge in [-0.3, -0.25) is 9.59 Å². The van der Waals surface area contributed by atoms with E-state index in [1.165, 1.54) is 0 Å². The highest BCUT2D eigenvalue weighted by Crippen LogP contribution is 2.31. The number of carbonyl (C=O) groups is 3. The van der Waals surface area contributed by atoms with E-state index < -0.39 is 34.9 Å². The Hall–Kier alpha value is -3.35. The molecule has 202 valence electrons. The lowest BCUT2D eigenvalue weighted by Crippen LogP contribution is -2.60. The van der Waals surface area contributed by atoms with Gasteiger partial charge in [0.15, 0.2) is 0 Å².